The summed E-state index contributed by atoms with van der Waals surface area (Å²) >= 11 is 0. The number of benzene rings is 2. The van der Waals surface area contributed by atoms with Crippen molar-refractivity contribution in [2.24, 2.45) is 0 Å². The second-order valence-electron chi connectivity index (χ2n) is 7.77. The van der Waals surface area contributed by atoms with Crippen LogP contribution in [-0.4, -0.2) is 35.4 Å². The molecule has 4 rings (SSSR count). The van der Waals surface area contributed by atoms with Crippen molar-refractivity contribution in [3.63, 3.8) is 0 Å². The maximum Gasteiger partial charge on any atom is 0.165 e. The van der Waals surface area contributed by atoms with E-state index in [0.717, 1.165) is 50.8 Å². The molecule has 0 saturated carbocycles. The van der Waals surface area contributed by atoms with Crippen molar-refractivity contribution in [1.29, 1.82) is 0 Å². The number of methoxy groups -OCH3 is 1. The maximum atomic E-state index is 10.5. The summed E-state index contributed by atoms with van der Waals surface area (Å²) in [6.45, 7) is 4.50. The van der Waals surface area contributed by atoms with Crippen molar-refractivity contribution in [3.8, 4) is 23.0 Å². The monoisotopic (exact) mass is 383 g/mol. The minimum absolute atomic E-state index is 0.194. The molecular weight excluding hydrogens is 354 g/mol. The first-order valence-corrected chi connectivity index (χ1v) is 10.2. The van der Waals surface area contributed by atoms with E-state index >= 15 is 0 Å². The van der Waals surface area contributed by atoms with Crippen LogP contribution in [0.25, 0.3) is 0 Å². The van der Waals surface area contributed by atoms with Gasteiger partial charge in [-0.15, -0.1) is 0 Å². The summed E-state index contributed by atoms with van der Waals surface area (Å²) < 4.78 is 11.3. The van der Waals surface area contributed by atoms with Gasteiger partial charge in [0.15, 0.2) is 23.0 Å². The third kappa shape index (κ3) is 3.39. The average molecular weight is 383 g/mol. The molecule has 5 nitrogen and oxygen atoms in total. The zero-order chi connectivity index (χ0) is 19.7. The van der Waals surface area contributed by atoms with E-state index in [2.05, 4.69) is 11.8 Å². The van der Waals surface area contributed by atoms with E-state index in [4.69, 9.17) is 9.47 Å². The van der Waals surface area contributed by atoms with Gasteiger partial charge in [-0.3, -0.25) is 4.90 Å². The van der Waals surface area contributed by atoms with Crippen LogP contribution in [0, 0.1) is 0 Å². The van der Waals surface area contributed by atoms with Crippen LogP contribution in [0.3, 0.4) is 0 Å². The Kier molecular flexibility index (Phi) is 5.36. The van der Waals surface area contributed by atoms with Gasteiger partial charge in [-0.1, -0.05) is 25.8 Å². The third-order valence-electron chi connectivity index (χ3n) is 6.01. The molecule has 0 fully saturated rings. The minimum Gasteiger partial charge on any atom is -0.504 e. The van der Waals surface area contributed by atoms with E-state index < -0.39 is 0 Å². The predicted octanol–water partition coefficient (Wildman–Crippen LogP) is 4.33. The molecule has 2 aromatic rings. The molecule has 0 amide bonds. The van der Waals surface area contributed by atoms with Gasteiger partial charge in [0.25, 0.3) is 0 Å². The van der Waals surface area contributed by atoms with Crippen LogP contribution in [0.5, 0.6) is 23.0 Å². The summed E-state index contributed by atoms with van der Waals surface area (Å²) in [6, 6.07) is 7.85. The normalized spacial score (nSPS) is 18.1. The molecule has 2 aliphatic heterocycles. The molecule has 150 valence electrons. The average Bonchev–Trinajstić information content (AvgIpc) is 2.70. The second kappa shape index (κ2) is 7.92. The maximum absolute atomic E-state index is 10.5. The van der Waals surface area contributed by atoms with Crippen LogP contribution < -0.4 is 9.47 Å². The molecule has 0 aliphatic carbocycles. The van der Waals surface area contributed by atoms with Gasteiger partial charge in [0.05, 0.1) is 13.7 Å². The molecule has 28 heavy (non-hydrogen) atoms. The molecule has 0 spiro atoms. The van der Waals surface area contributed by atoms with Gasteiger partial charge in [0, 0.05) is 24.7 Å². The Balaban J connectivity index is 1.60. The summed E-state index contributed by atoms with van der Waals surface area (Å²) in [6.07, 6.45) is 5.07. The Morgan fingerprint density at radius 2 is 1.96 bits per heavy atom. The molecular formula is C23H29NO4. The molecule has 0 unspecified atom stereocenters. The number of aromatic hydroxyl groups is 2. The highest BCUT2D eigenvalue weighted by atomic mass is 16.5. The van der Waals surface area contributed by atoms with Crippen LogP contribution in [0.15, 0.2) is 24.3 Å². The minimum atomic E-state index is 0.194. The van der Waals surface area contributed by atoms with E-state index in [1.54, 1.807) is 13.2 Å². The lowest BCUT2D eigenvalue weighted by molar-refractivity contribution is 0.157. The quantitative estimate of drug-likeness (QED) is 0.727. The molecule has 2 N–H and O–H groups in total. The fraction of sp³-hybridized carbons (Fsp3) is 0.478. The van der Waals surface area contributed by atoms with Crippen molar-refractivity contribution in [1.82, 2.24) is 4.90 Å². The lowest BCUT2D eigenvalue weighted by Crippen LogP contribution is -2.39. The largest absolute Gasteiger partial charge is 0.504 e. The topological polar surface area (TPSA) is 62.2 Å². The number of hydrogen-bond acceptors (Lipinski definition) is 5. The van der Waals surface area contributed by atoms with Gasteiger partial charge >= 0.3 is 0 Å². The number of hydrogen-bond donors (Lipinski definition) is 2. The highest BCUT2D eigenvalue weighted by molar-refractivity contribution is 5.54. The second-order valence-corrected chi connectivity index (χ2v) is 7.77. The van der Waals surface area contributed by atoms with Gasteiger partial charge in [0.2, 0.25) is 0 Å². The predicted molar refractivity (Wildman–Crippen MR) is 108 cm³/mol. The Bertz CT molecular complexity index is 864. The fourth-order valence-corrected chi connectivity index (χ4v) is 4.51. The smallest absolute Gasteiger partial charge is 0.165 e. The summed E-state index contributed by atoms with van der Waals surface area (Å²) in [5.74, 6) is 1.61. The van der Waals surface area contributed by atoms with E-state index in [9.17, 15) is 10.2 Å². The van der Waals surface area contributed by atoms with Gasteiger partial charge in [-0.05, 0) is 54.2 Å². The van der Waals surface area contributed by atoms with Crippen molar-refractivity contribution in [2.45, 2.75) is 51.6 Å². The van der Waals surface area contributed by atoms with Crippen LogP contribution in [0.2, 0.25) is 0 Å². The van der Waals surface area contributed by atoms with Crippen LogP contribution in [-0.2, 0) is 19.4 Å². The molecule has 0 saturated heterocycles. The van der Waals surface area contributed by atoms with Gasteiger partial charge in [0.1, 0.15) is 0 Å². The molecule has 1 atom stereocenters. The summed E-state index contributed by atoms with van der Waals surface area (Å²) in [4.78, 5) is 2.41. The number of fused-ring (bicyclic) bond motifs is 4. The van der Waals surface area contributed by atoms with Crippen molar-refractivity contribution < 1.29 is 19.7 Å². The highest BCUT2D eigenvalue weighted by Crippen LogP contribution is 2.45. The van der Waals surface area contributed by atoms with Crippen LogP contribution in [0.4, 0.5) is 0 Å². The third-order valence-corrected chi connectivity index (χ3v) is 6.01. The van der Waals surface area contributed by atoms with Crippen molar-refractivity contribution in [3.05, 3.63) is 46.5 Å². The van der Waals surface area contributed by atoms with Gasteiger partial charge in [-0.25, -0.2) is 0 Å². The van der Waals surface area contributed by atoms with Crippen LogP contribution in [0.1, 0.15) is 54.5 Å². The zero-order valence-corrected chi connectivity index (χ0v) is 16.7. The highest BCUT2D eigenvalue weighted by Gasteiger charge is 2.34. The molecule has 0 bridgehead atoms. The van der Waals surface area contributed by atoms with E-state index in [1.807, 2.05) is 18.2 Å². The first-order valence-electron chi connectivity index (χ1n) is 10.2. The van der Waals surface area contributed by atoms with E-state index in [0.29, 0.717) is 18.1 Å². The Morgan fingerprint density at radius 1 is 1.11 bits per heavy atom. The number of ether oxygens (including phenoxy) is 2. The van der Waals surface area contributed by atoms with E-state index in [-0.39, 0.29) is 17.5 Å². The first kappa shape index (κ1) is 18.9. The number of unbranched alkanes of at least 4 members (excludes halogenated alkanes) is 2. The van der Waals surface area contributed by atoms with Gasteiger partial charge in [-0.2, -0.15) is 0 Å². The fourth-order valence-electron chi connectivity index (χ4n) is 4.51. The lowest BCUT2D eigenvalue weighted by atomic mass is 9.83. The Labute approximate surface area is 166 Å². The van der Waals surface area contributed by atoms with Crippen molar-refractivity contribution >= 4 is 0 Å². The lowest BCUT2D eigenvalue weighted by Gasteiger charge is -2.42. The standard InChI is InChI=1S/C23H29NO4/c1-3-4-5-10-28-22-12-16-8-9-24-14-18-15(6-7-20(25)23(18)27-2)11-19(24)17(16)13-21(22)26/h6-7,12-13,19,25-26H,3-5,8-11,14H2,1-2H3/t19-/m0/s1. The molecule has 2 aromatic carbocycles. The Morgan fingerprint density at radius 3 is 2.75 bits per heavy atom. The van der Waals surface area contributed by atoms with Crippen molar-refractivity contribution in [2.75, 3.05) is 20.3 Å². The molecule has 5 heteroatoms. The zero-order valence-electron chi connectivity index (χ0n) is 16.7. The molecule has 0 aromatic heterocycles. The Hall–Kier alpha value is -2.40. The summed E-state index contributed by atoms with van der Waals surface area (Å²) in [7, 11) is 1.60. The van der Waals surface area contributed by atoms with Gasteiger partial charge < -0.3 is 19.7 Å². The number of phenols is 2. The van der Waals surface area contributed by atoms with E-state index in [1.165, 1.54) is 16.7 Å². The molecule has 0 radical (unpaired) electrons. The van der Waals surface area contributed by atoms with Crippen LogP contribution >= 0.6 is 0 Å². The molecule has 2 aliphatic rings. The SMILES string of the molecule is CCCCCOc1cc2c(cc1O)[C@@H]1Cc3ccc(O)c(OC)c3CN1CC2. The number of rotatable bonds is 6. The number of phenolic OH excluding ortho intramolecular Hbond substituents is 2. The molecule has 2 heterocycles. The first-order chi connectivity index (χ1) is 13.6. The number of nitrogens with zero attached hydrogens (tertiary/aromatic N) is 1. The summed E-state index contributed by atoms with van der Waals surface area (Å²) in [5, 5.41) is 20.6. The summed E-state index contributed by atoms with van der Waals surface area (Å²) in [5.41, 5.74) is 4.71.